The summed E-state index contributed by atoms with van der Waals surface area (Å²) in [6, 6.07) is 12.5. The second-order valence-corrected chi connectivity index (χ2v) is 7.19. The Balaban J connectivity index is 1.67. The number of aliphatic hydroxyl groups excluding tert-OH is 1. The summed E-state index contributed by atoms with van der Waals surface area (Å²) >= 11 is 1.65. The Hall–Kier alpha value is -2.22. The molecule has 0 aliphatic carbocycles. The van der Waals surface area contributed by atoms with Crippen LogP contribution in [0.1, 0.15) is 22.0 Å². The summed E-state index contributed by atoms with van der Waals surface area (Å²) in [5, 5.41) is 15.9. The predicted molar refractivity (Wildman–Crippen MR) is 101 cm³/mol. The zero-order chi connectivity index (χ0) is 18.4. The smallest absolute Gasteiger partial charge is 0.309 e. The van der Waals surface area contributed by atoms with Crippen LogP contribution < -0.4 is 10.6 Å². The van der Waals surface area contributed by atoms with Crippen molar-refractivity contribution in [1.82, 2.24) is 15.5 Å². The molecule has 1 aliphatic rings. The standard InChI is InChI=1S/C19H23N3O3S/c23-10-8-20-18(24)19(25)21-12-16(17-6-3-11-26-17)22-9-7-14-4-1-2-5-15(14)13-22/h1-6,11,16,23H,7-10,12-13H2,(H,20,24)(H,21,25)/t16-/m1/s1. The maximum absolute atomic E-state index is 12.0. The molecule has 1 atom stereocenters. The molecule has 1 aromatic carbocycles. The highest BCUT2D eigenvalue weighted by molar-refractivity contribution is 7.10. The molecule has 0 saturated heterocycles. The second kappa shape index (κ2) is 8.93. The molecule has 1 aliphatic heterocycles. The van der Waals surface area contributed by atoms with Gasteiger partial charge in [0, 0.05) is 31.1 Å². The van der Waals surface area contributed by atoms with E-state index in [2.05, 4.69) is 45.9 Å². The lowest BCUT2D eigenvalue weighted by atomic mass is 9.98. The van der Waals surface area contributed by atoms with Crippen LogP contribution in [-0.4, -0.2) is 48.1 Å². The fraction of sp³-hybridized carbons (Fsp3) is 0.368. The Labute approximate surface area is 156 Å². The number of rotatable bonds is 6. The molecule has 0 saturated carbocycles. The second-order valence-electron chi connectivity index (χ2n) is 6.21. The van der Waals surface area contributed by atoms with Crippen molar-refractivity contribution in [2.24, 2.45) is 0 Å². The number of hydrogen-bond acceptors (Lipinski definition) is 5. The van der Waals surface area contributed by atoms with E-state index >= 15 is 0 Å². The number of hydrogen-bond donors (Lipinski definition) is 3. The maximum atomic E-state index is 12.0. The number of nitrogens with one attached hydrogen (secondary N) is 2. The minimum atomic E-state index is -0.715. The number of thiophene rings is 1. The molecule has 2 heterocycles. The zero-order valence-electron chi connectivity index (χ0n) is 14.5. The van der Waals surface area contributed by atoms with Gasteiger partial charge in [0.2, 0.25) is 0 Å². The van der Waals surface area contributed by atoms with Crippen molar-refractivity contribution >= 4 is 23.2 Å². The molecule has 138 valence electrons. The minimum Gasteiger partial charge on any atom is -0.395 e. The van der Waals surface area contributed by atoms with Crippen LogP contribution >= 0.6 is 11.3 Å². The van der Waals surface area contributed by atoms with Gasteiger partial charge in [0.05, 0.1) is 12.6 Å². The summed E-state index contributed by atoms with van der Waals surface area (Å²) in [5.74, 6) is -1.38. The predicted octanol–water partition coefficient (Wildman–Crippen LogP) is 1.07. The van der Waals surface area contributed by atoms with Crippen LogP contribution in [0.15, 0.2) is 41.8 Å². The Morgan fingerprint density at radius 1 is 1.12 bits per heavy atom. The lowest BCUT2D eigenvalue weighted by Gasteiger charge is -2.35. The van der Waals surface area contributed by atoms with Gasteiger partial charge in [-0.15, -0.1) is 11.3 Å². The van der Waals surface area contributed by atoms with Crippen LogP contribution in [0, 0.1) is 0 Å². The number of carbonyl (C=O) groups excluding carboxylic acids is 2. The van der Waals surface area contributed by atoms with Crippen LogP contribution in [0.25, 0.3) is 0 Å². The van der Waals surface area contributed by atoms with Gasteiger partial charge in [0.25, 0.3) is 0 Å². The highest BCUT2D eigenvalue weighted by Crippen LogP contribution is 2.29. The molecule has 2 amide bonds. The molecule has 3 rings (SSSR count). The van der Waals surface area contributed by atoms with E-state index in [4.69, 9.17) is 5.11 Å². The summed E-state index contributed by atoms with van der Waals surface area (Å²) in [7, 11) is 0. The monoisotopic (exact) mass is 373 g/mol. The van der Waals surface area contributed by atoms with E-state index in [9.17, 15) is 9.59 Å². The number of aliphatic hydroxyl groups is 1. The first kappa shape index (κ1) is 18.6. The molecule has 0 fully saturated rings. The molecule has 3 N–H and O–H groups in total. The van der Waals surface area contributed by atoms with Gasteiger partial charge in [-0.2, -0.15) is 0 Å². The van der Waals surface area contributed by atoms with E-state index in [1.165, 1.54) is 16.0 Å². The number of amides is 2. The third-order valence-corrected chi connectivity index (χ3v) is 5.51. The first-order chi connectivity index (χ1) is 12.7. The summed E-state index contributed by atoms with van der Waals surface area (Å²) in [6.45, 7) is 1.99. The minimum absolute atomic E-state index is 0.0259. The number of benzene rings is 1. The summed E-state index contributed by atoms with van der Waals surface area (Å²) in [6.07, 6.45) is 0.975. The third kappa shape index (κ3) is 4.49. The van der Waals surface area contributed by atoms with E-state index in [-0.39, 0.29) is 19.2 Å². The highest BCUT2D eigenvalue weighted by Gasteiger charge is 2.26. The van der Waals surface area contributed by atoms with E-state index < -0.39 is 11.8 Å². The largest absolute Gasteiger partial charge is 0.395 e. The summed E-state index contributed by atoms with van der Waals surface area (Å²) in [5.41, 5.74) is 2.69. The van der Waals surface area contributed by atoms with Crippen molar-refractivity contribution in [1.29, 1.82) is 0 Å². The van der Waals surface area contributed by atoms with Gasteiger partial charge >= 0.3 is 11.8 Å². The average molecular weight is 373 g/mol. The summed E-state index contributed by atoms with van der Waals surface area (Å²) < 4.78 is 0. The lowest BCUT2D eigenvalue weighted by molar-refractivity contribution is -0.139. The fourth-order valence-electron chi connectivity index (χ4n) is 3.19. The molecule has 6 nitrogen and oxygen atoms in total. The Morgan fingerprint density at radius 3 is 2.62 bits per heavy atom. The first-order valence-electron chi connectivity index (χ1n) is 8.70. The Morgan fingerprint density at radius 2 is 1.88 bits per heavy atom. The van der Waals surface area contributed by atoms with Crippen molar-refractivity contribution in [3.63, 3.8) is 0 Å². The number of nitrogens with zero attached hydrogens (tertiary/aromatic N) is 1. The van der Waals surface area contributed by atoms with Gasteiger partial charge in [-0.1, -0.05) is 30.3 Å². The molecular weight excluding hydrogens is 350 g/mol. The SMILES string of the molecule is O=C(NCCO)C(=O)NC[C@H](c1cccs1)N1CCc2ccccc2C1. The van der Waals surface area contributed by atoms with Crippen molar-refractivity contribution in [2.75, 3.05) is 26.2 Å². The molecule has 0 spiro atoms. The van der Waals surface area contributed by atoms with E-state index in [1.54, 1.807) is 11.3 Å². The van der Waals surface area contributed by atoms with Crippen molar-refractivity contribution in [3.8, 4) is 0 Å². The quantitative estimate of drug-likeness (QED) is 0.662. The van der Waals surface area contributed by atoms with Crippen LogP contribution in [-0.2, 0) is 22.6 Å². The van der Waals surface area contributed by atoms with Crippen LogP contribution in [0.3, 0.4) is 0 Å². The van der Waals surface area contributed by atoms with Gasteiger partial charge in [-0.25, -0.2) is 0 Å². The molecule has 0 radical (unpaired) electrons. The first-order valence-corrected chi connectivity index (χ1v) is 9.58. The highest BCUT2D eigenvalue weighted by atomic mass is 32.1. The van der Waals surface area contributed by atoms with Crippen LogP contribution in [0.4, 0.5) is 0 Å². The van der Waals surface area contributed by atoms with Crippen molar-refractivity contribution in [2.45, 2.75) is 19.0 Å². The van der Waals surface area contributed by atoms with Crippen molar-refractivity contribution in [3.05, 3.63) is 57.8 Å². The average Bonchev–Trinajstić information content (AvgIpc) is 3.20. The van der Waals surface area contributed by atoms with Gasteiger partial charge in [0.1, 0.15) is 0 Å². The zero-order valence-corrected chi connectivity index (χ0v) is 15.3. The molecule has 7 heteroatoms. The molecule has 0 bridgehead atoms. The lowest BCUT2D eigenvalue weighted by Crippen LogP contribution is -2.45. The van der Waals surface area contributed by atoms with Crippen LogP contribution in [0.2, 0.25) is 0 Å². The van der Waals surface area contributed by atoms with E-state index in [1.807, 2.05) is 11.4 Å². The van der Waals surface area contributed by atoms with E-state index in [0.29, 0.717) is 6.54 Å². The van der Waals surface area contributed by atoms with Crippen molar-refractivity contribution < 1.29 is 14.7 Å². The number of fused-ring (bicyclic) bond motifs is 1. The molecular formula is C19H23N3O3S. The normalized spacial score (nSPS) is 15.1. The van der Waals surface area contributed by atoms with E-state index in [0.717, 1.165) is 19.5 Å². The topological polar surface area (TPSA) is 81.7 Å². The number of carbonyl (C=O) groups is 2. The molecule has 1 aromatic heterocycles. The van der Waals surface area contributed by atoms with Gasteiger partial charge < -0.3 is 15.7 Å². The fourth-order valence-corrected chi connectivity index (χ4v) is 4.05. The van der Waals surface area contributed by atoms with Crippen LogP contribution in [0.5, 0.6) is 0 Å². The molecule has 0 unspecified atom stereocenters. The molecule has 26 heavy (non-hydrogen) atoms. The van der Waals surface area contributed by atoms with Gasteiger partial charge in [0.15, 0.2) is 0 Å². The van der Waals surface area contributed by atoms with Gasteiger partial charge in [-0.05, 0) is 29.0 Å². The maximum Gasteiger partial charge on any atom is 0.309 e. The van der Waals surface area contributed by atoms with Gasteiger partial charge in [-0.3, -0.25) is 14.5 Å². The summed E-state index contributed by atoms with van der Waals surface area (Å²) in [4.78, 5) is 27.2. The third-order valence-electron chi connectivity index (χ3n) is 4.53. The Bertz CT molecular complexity index is 748. The molecule has 2 aromatic rings. The Kier molecular flexibility index (Phi) is 6.38.